The van der Waals surface area contributed by atoms with Crippen molar-refractivity contribution in [2.45, 2.75) is 44.7 Å². The SMILES string of the molecule is Cc1nsc(NC2CCC(N)CC2)n1. The minimum Gasteiger partial charge on any atom is -0.358 e. The molecule has 0 aliphatic heterocycles. The summed E-state index contributed by atoms with van der Waals surface area (Å²) in [5.74, 6) is 0.852. The second kappa shape index (κ2) is 4.23. The molecule has 1 aliphatic carbocycles. The van der Waals surface area contributed by atoms with Crippen molar-refractivity contribution in [1.29, 1.82) is 0 Å². The van der Waals surface area contributed by atoms with Crippen LogP contribution in [0, 0.1) is 6.92 Å². The highest BCUT2D eigenvalue weighted by Gasteiger charge is 2.18. The van der Waals surface area contributed by atoms with Crippen LogP contribution in [-0.2, 0) is 0 Å². The van der Waals surface area contributed by atoms with Crippen molar-refractivity contribution in [3.8, 4) is 0 Å². The molecule has 1 aromatic heterocycles. The van der Waals surface area contributed by atoms with Crippen molar-refractivity contribution in [1.82, 2.24) is 9.36 Å². The van der Waals surface area contributed by atoms with E-state index in [1.54, 1.807) is 0 Å². The Morgan fingerprint density at radius 3 is 2.64 bits per heavy atom. The minimum atomic E-state index is 0.407. The molecule has 0 unspecified atom stereocenters. The molecule has 2 rings (SSSR count). The minimum absolute atomic E-state index is 0.407. The summed E-state index contributed by atoms with van der Waals surface area (Å²) in [6.45, 7) is 1.92. The van der Waals surface area contributed by atoms with Gasteiger partial charge in [-0.25, -0.2) is 4.98 Å². The molecule has 0 saturated heterocycles. The molecule has 3 N–H and O–H groups in total. The number of rotatable bonds is 2. The average Bonchev–Trinajstić information content (AvgIpc) is 2.56. The van der Waals surface area contributed by atoms with Gasteiger partial charge < -0.3 is 11.1 Å². The summed E-state index contributed by atoms with van der Waals surface area (Å²) in [5.41, 5.74) is 5.84. The smallest absolute Gasteiger partial charge is 0.202 e. The van der Waals surface area contributed by atoms with Gasteiger partial charge in [0.2, 0.25) is 5.13 Å². The first-order chi connectivity index (χ1) is 6.74. The van der Waals surface area contributed by atoms with Crippen molar-refractivity contribution >= 4 is 16.7 Å². The van der Waals surface area contributed by atoms with E-state index in [2.05, 4.69) is 14.7 Å². The molecular weight excluding hydrogens is 196 g/mol. The van der Waals surface area contributed by atoms with E-state index in [-0.39, 0.29) is 0 Å². The van der Waals surface area contributed by atoms with Crippen molar-refractivity contribution in [2.75, 3.05) is 5.32 Å². The summed E-state index contributed by atoms with van der Waals surface area (Å²) in [4.78, 5) is 4.29. The van der Waals surface area contributed by atoms with E-state index in [0.29, 0.717) is 12.1 Å². The van der Waals surface area contributed by atoms with Crippen LogP contribution >= 0.6 is 11.5 Å². The normalized spacial score (nSPS) is 27.6. The maximum absolute atomic E-state index is 5.84. The molecule has 1 aromatic rings. The van der Waals surface area contributed by atoms with E-state index >= 15 is 0 Å². The molecule has 78 valence electrons. The predicted molar refractivity (Wildman–Crippen MR) is 58.5 cm³/mol. The molecule has 1 aliphatic rings. The summed E-state index contributed by atoms with van der Waals surface area (Å²) in [6.07, 6.45) is 4.55. The lowest BCUT2D eigenvalue weighted by molar-refractivity contribution is 0.411. The Balaban J connectivity index is 1.86. The van der Waals surface area contributed by atoms with Crippen molar-refractivity contribution in [2.24, 2.45) is 5.73 Å². The van der Waals surface area contributed by atoms with Gasteiger partial charge >= 0.3 is 0 Å². The standard InChI is InChI=1S/C9H16N4S/c1-6-11-9(14-13-6)12-8-4-2-7(10)3-5-8/h7-8H,2-5,10H2,1H3,(H,11,12,13). The zero-order chi connectivity index (χ0) is 9.97. The first kappa shape index (κ1) is 9.86. The van der Waals surface area contributed by atoms with Gasteiger partial charge in [-0.05, 0) is 32.6 Å². The van der Waals surface area contributed by atoms with Crippen LogP contribution in [0.25, 0.3) is 0 Å². The molecule has 0 aromatic carbocycles. The van der Waals surface area contributed by atoms with E-state index < -0.39 is 0 Å². The Morgan fingerprint density at radius 2 is 2.07 bits per heavy atom. The number of nitrogens with zero attached hydrogens (tertiary/aromatic N) is 2. The van der Waals surface area contributed by atoms with E-state index in [1.165, 1.54) is 11.5 Å². The van der Waals surface area contributed by atoms with Crippen LogP contribution in [0.3, 0.4) is 0 Å². The Hall–Kier alpha value is -0.680. The fourth-order valence-corrected chi connectivity index (χ4v) is 2.45. The number of hydrogen-bond donors (Lipinski definition) is 2. The number of hydrogen-bond acceptors (Lipinski definition) is 5. The maximum Gasteiger partial charge on any atom is 0.202 e. The first-order valence-corrected chi connectivity index (χ1v) is 5.84. The Morgan fingerprint density at radius 1 is 1.36 bits per heavy atom. The monoisotopic (exact) mass is 212 g/mol. The predicted octanol–water partition coefficient (Wildman–Crippen LogP) is 1.53. The highest BCUT2D eigenvalue weighted by molar-refractivity contribution is 7.09. The van der Waals surface area contributed by atoms with Crippen molar-refractivity contribution in [3.63, 3.8) is 0 Å². The third kappa shape index (κ3) is 2.42. The third-order valence-electron chi connectivity index (χ3n) is 2.63. The molecule has 4 nitrogen and oxygen atoms in total. The number of aromatic nitrogens is 2. The van der Waals surface area contributed by atoms with E-state index in [9.17, 15) is 0 Å². The number of aryl methyl sites for hydroxylation is 1. The van der Waals surface area contributed by atoms with E-state index in [0.717, 1.165) is 36.6 Å². The van der Waals surface area contributed by atoms with Gasteiger partial charge in [0.25, 0.3) is 0 Å². The Labute approximate surface area is 88.1 Å². The van der Waals surface area contributed by atoms with Crippen molar-refractivity contribution in [3.05, 3.63) is 5.82 Å². The quantitative estimate of drug-likeness (QED) is 0.780. The van der Waals surface area contributed by atoms with E-state index in [4.69, 9.17) is 5.73 Å². The van der Waals surface area contributed by atoms with Gasteiger partial charge in [0.05, 0.1) is 0 Å². The van der Waals surface area contributed by atoms with Gasteiger partial charge in [0.1, 0.15) is 5.82 Å². The average molecular weight is 212 g/mol. The summed E-state index contributed by atoms with van der Waals surface area (Å²) < 4.78 is 4.14. The van der Waals surface area contributed by atoms with Crippen LogP contribution in [-0.4, -0.2) is 21.4 Å². The lowest BCUT2D eigenvalue weighted by Gasteiger charge is -2.26. The van der Waals surface area contributed by atoms with Crippen LogP contribution in [0.5, 0.6) is 0 Å². The molecule has 0 bridgehead atoms. The molecule has 0 radical (unpaired) electrons. The first-order valence-electron chi connectivity index (χ1n) is 5.06. The lowest BCUT2D eigenvalue weighted by atomic mass is 9.92. The van der Waals surface area contributed by atoms with Gasteiger partial charge in [-0.2, -0.15) is 4.37 Å². The number of anilines is 1. The lowest BCUT2D eigenvalue weighted by Crippen LogP contribution is -2.32. The van der Waals surface area contributed by atoms with Gasteiger partial charge in [-0.15, -0.1) is 0 Å². The number of nitrogens with two attached hydrogens (primary N) is 1. The van der Waals surface area contributed by atoms with Crippen molar-refractivity contribution < 1.29 is 0 Å². The van der Waals surface area contributed by atoms with Crippen LogP contribution in [0.1, 0.15) is 31.5 Å². The molecule has 0 spiro atoms. The Bertz CT molecular complexity index is 291. The van der Waals surface area contributed by atoms with Gasteiger partial charge in [0.15, 0.2) is 0 Å². The molecule has 1 fully saturated rings. The van der Waals surface area contributed by atoms with Crippen LogP contribution in [0.4, 0.5) is 5.13 Å². The molecule has 0 atom stereocenters. The highest BCUT2D eigenvalue weighted by Crippen LogP contribution is 2.21. The topological polar surface area (TPSA) is 63.8 Å². The fourth-order valence-electron chi connectivity index (χ4n) is 1.79. The molecule has 14 heavy (non-hydrogen) atoms. The summed E-state index contributed by atoms with van der Waals surface area (Å²) in [5, 5.41) is 4.36. The Kier molecular flexibility index (Phi) is 2.98. The highest BCUT2D eigenvalue weighted by atomic mass is 32.1. The molecule has 1 heterocycles. The van der Waals surface area contributed by atoms with Crippen LogP contribution < -0.4 is 11.1 Å². The van der Waals surface area contributed by atoms with Crippen LogP contribution in [0.15, 0.2) is 0 Å². The summed E-state index contributed by atoms with van der Waals surface area (Å²) >= 11 is 1.44. The van der Waals surface area contributed by atoms with Crippen LogP contribution in [0.2, 0.25) is 0 Å². The summed E-state index contributed by atoms with van der Waals surface area (Å²) in [6, 6.07) is 0.950. The summed E-state index contributed by atoms with van der Waals surface area (Å²) in [7, 11) is 0. The second-order valence-electron chi connectivity index (χ2n) is 3.90. The fraction of sp³-hybridized carbons (Fsp3) is 0.778. The zero-order valence-corrected chi connectivity index (χ0v) is 9.18. The zero-order valence-electron chi connectivity index (χ0n) is 8.36. The molecule has 5 heteroatoms. The number of nitrogens with one attached hydrogen (secondary N) is 1. The van der Waals surface area contributed by atoms with Gasteiger partial charge in [-0.1, -0.05) is 0 Å². The second-order valence-corrected chi connectivity index (χ2v) is 4.65. The molecular formula is C9H16N4S. The van der Waals surface area contributed by atoms with Gasteiger partial charge in [-0.3, -0.25) is 0 Å². The largest absolute Gasteiger partial charge is 0.358 e. The maximum atomic E-state index is 5.84. The molecule has 0 amide bonds. The van der Waals surface area contributed by atoms with Gasteiger partial charge in [0, 0.05) is 23.6 Å². The van der Waals surface area contributed by atoms with E-state index in [1.807, 2.05) is 6.92 Å². The third-order valence-corrected chi connectivity index (χ3v) is 3.36. The molecule has 1 saturated carbocycles.